The molecule has 0 aromatic rings. The van der Waals surface area contributed by atoms with Crippen molar-refractivity contribution in [3.63, 3.8) is 0 Å². The van der Waals surface area contributed by atoms with Crippen molar-refractivity contribution in [3.8, 4) is 0 Å². The van der Waals surface area contributed by atoms with E-state index in [4.69, 9.17) is 9.05 Å². The van der Waals surface area contributed by atoms with Crippen LogP contribution in [0.3, 0.4) is 0 Å². The van der Waals surface area contributed by atoms with Gasteiger partial charge in [0.05, 0.1) is 27.7 Å². The summed E-state index contributed by atoms with van der Waals surface area (Å²) in [5, 5.41) is 2.76. The summed E-state index contributed by atoms with van der Waals surface area (Å²) in [7, 11) is 1.99. The maximum absolute atomic E-state index is 11.6. The molecule has 0 aliphatic carbocycles. The van der Waals surface area contributed by atoms with Gasteiger partial charge in [0.1, 0.15) is 13.2 Å². The van der Waals surface area contributed by atoms with E-state index >= 15 is 0 Å². The molecule has 0 heterocycles. The van der Waals surface area contributed by atoms with Crippen LogP contribution in [0, 0.1) is 0 Å². The van der Waals surface area contributed by atoms with E-state index < -0.39 is 7.82 Å². The van der Waals surface area contributed by atoms with Crippen LogP contribution in [0.1, 0.15) is 32.6 Å². The van der Waals surface area contributed by atoms with Gasteiger partial charge in [-0.1, -0.05) is 19.4 Å². The number of hydrogen-bond acceptors (Lipinski definition) is 4. The average Bonchev–Trinajstić information content (AvgIpc) is 2.39. The van der Waals surface area contributed by atoms with Gasteiger partial charge in [0.15, 0.2) is 0 Å². The molecule has 0 spiro atoms. The Kier molecular flexibility index (Phi) is 10.6. The first-order chi connectivity index (χ1) is 10.5. The van der Waals surface area contributed by atoms with Crippen LogP contribution < -0.4 is 5.32 Å². The molecule has 0 bridgehead atoms. The fourth-order valence-electron chi connectivity index (χ4n) is 1.58. The zero-order chi connectivity index (χ0) is 17.9. The van der Waals surface area contributed by atoms with Crippen LogP contribution in [0.15, 0.2) is 12.2 Å². The minimum Gasteiger partial charge on any atom is -0.352 e. The molecule has 136 valence electrons. The van der Waals surface area contributed by atoms with Gasteiger partial charge in [0.2, 0.25) is 5.91 Å². The third-order valence-electron chi connectivity index (χ3n) is 3.02. The molecule has 1 atom stereocenters. The number of quaternary nitrogens is 1. The van der Waals surface area contributed by atoms with Crippen molar-refractivity contribution in [1.29, 1.82) is 0 Å². The van der Waals surface area contributed by atoms with E-state index in [1.54, 1.807) is 6.92 Å². The Morgan fingerprint density at radius 1 is 1.13 bits per heavy atom. The van der Waals surface area contributed by atoms with Crippen molar-refractivity contribution < 1.29 is 27.8 Å². The molecular formula is C15H32N2O5P+. The molecule has 7 nitrogen and oxygen atoms in total. The summed E-state index contributed by atoms with van der Waals surface area (Å²) in [6.07, 6.45) is 3.31. The highest BCUT2D eigenvalue weighted by Gasteiger charge is 2.21. The summed E-state index contributed by atoms with van der Waals surface area (Å²) >= 11 is 0. The number of hydrogen-bond donors (Lipinski definition) is 2. The highest BCUT2D eigenvalue weighted by atomic mass is 31.2. The summed E-state index contributed by atoms with van der Waals surface area (Å²) in [6, 6.07) is 0. The fourth-order valence-corrected chi connectivity index (χ4v) is 2.33. The van der Waals surface area contributed by atoms with Crippen LogP contribution in [0.2, 0.25) is 0 Å². The fraction of sp³-hybridized carbons (Fsp3) is 0.800. The van der Waals surface area contributed by atoms with Crippen LogP contribution in [0.4, 0.5) is 0 Å². The number of unbranched alkanes of at least 4 members (excludes halogenated alkanes) is 3. The normalized spacial score (nSPS) is 14.3. The van der Waals surface area contributed by atoms with Crippen molar-refractivity contribution in [2.75, 3.05) is 47.4 Å². The van der Waals surface area contributed by atoms with E-state index in [-0.39, 0.29) is 19.1 Å². The molecule has 8 heteroatoms. The molecule has 0 aliphatic heterocycles. The van der Waals surface area contributed by atoms with Crippen molar-refractivity contribution in [2.24, 2.45) is 0 Å². The third kappa shape index (κ3) is 14.6. The zero-order valence-corrected chi connectivity index (χ0v) is 15.7. The monoisotopic (exact) mass is 351 g/mol. The predicted molar refractivity (Wildman–Crippen MR) is 90.9 cm³/mol. The molecule has 23 heavy (non-hydrogen) atoms. The lowest BCUT2D eigenvalue weighted by molar-refractivity contribution is -0.870. The minimum absolute atomic E-state index is 0.124. The number of phosphoric ester groups is 1. The molecule has 0 aliphatic rings. The van der Waals surface area contributed by atoms with E-state index in [1.807, 2.05) is 21.1 Å². The van der Waals surface area contributed by atoms with Crippen LogP contribution in [-0.2, 0) is 18.4 Å². The van der Waals surface area contributed by atoms with E-state index in [0.29, 0.717) is 29.6 Å². The summed E-state index contributed by atoms with van der Waals surface area (Å²) in [5.74, 6) is -0.124. The van der Waals surface area contributed by atoms with Gasteiger partial charge in [0.25, 0.3) is 0 Å². The largest absolute Gasteiger partial charge is 0.472 e. The van der Waals surface area contributed by atoms with Gasteiger partial charge in [-0.2, -0.15) is 0 Å². The Labute approximate surface area is 139 Å². The lowest BCUT2D eigenvalue weighted by Gasteiger charge is -2.24. The van der Waals surface area contributed by atoms with Crippen LogP contribution in [0.5, 0.6) is 0 Å². The van der Waals surface area contributed by atoms with Gasteiger partial charge >= 0.3 is 7.82 Å². The second-order valence-electron chi connectivity index (χ2n) is 6.60. The Bertz CT molecular complexity index is 421. The molecule has 0 aromatic heterocycles. The lowest BCUT2D eigenvalue weighted by Crippen LogP contribution is -2.37. The van der Waals surface area contributed by atoms with Crippen molar-refractivity contribution in [1.82, 2.24) is 5.32 Å². The minimum atomic E-state index is -3.94. The molecule has 2 N–H and O–H groups in total. The Morgan fingerprint density at radius 3 is 2.26 bits per heavy atom. The van der Waals surface area contributed by atoms with Crippen LogP contribution in [0.25, 0.3) is 0 Å². The molecule has 0 saturated carbocycles. The molecule has 1 amide bonds. The standard InChI is InChI=1S/C15H31N2O5P/c1-14(2)15(18)16-10-8-6-7-9-12-21-23(19,20)22-13-11-17(3,4)5/h1,6-13H2,2-5H3,(H-,16,18,19,20)/p+1. The number of likely N-dealkylation sites (N-methyl/N-ethyl adjacent to an activating group) is 1. The quantitative estimate of drug-likeness (QED) is 0.230. The summed E-state index contributed by atoms with van der Waals surface area (Å²) in [6.45, 7) is 6.84. The second kappa shape index (κ2) is 10.9. The molecule has 1 unspecified atom stereocenters. The molecule has 0 rings (SSSR count). The summed E-state index contributed by atoms with van der Waals surface area (Å²) in [5.41, 5.74) is 0.502. The van der Waals surface area contributed by atoms with E-state index in [9.17, 15) is 14.3 Å². The van der Waals surface area contributed by atoms with Gasteiger partial charge in [-0.25, -0.2) is 4.57 Å². The molecule has 0 saturated heterocycles. The Hall–Kier alpha value is -0.720. The summed E-state index contributed by atoms with van der Waals surface area (Å²) in [4.78, 5) is 20.7. The zero-order valence-electron chi connectivity index (χ0n) is 14.8. The third-order valence-corrected chi connectivity index (χ3v) is 4.03. The second-order valence-corrected chi connectivity index (χ2v) is 8.05. The maximum atomic E-state index is 11.6. The number of nitrogens with zero attached hydrogens (tertiary/aromatic N) is 1. The maximum Gasteiger partial charge on any atom is 0.472 e. The molecular weight excluding hydrogens is 319 g/mol. The van der Waals surface area contributed by atoms with E-state index in [1.165, 1.54) is 0 Å². The van der Waals surface area contributed by atoms with E-state index in [2.05, 4.69) is 11.9 Å². The topological polar surface area (TPSA) is 84.9 Å². The number of nitrogens with one attached hydrogen (secondary N) is 1. The Balaban J connectivity index is 3.57. The van der Waals surface area contributed by atoms with Gasteiger partial charge in [-0.3, -0.25) is 13.8 Å². The SMILES string of the molecule is C=C(C)C(=O)NCCCCCCOP(=O)(O)OCC[N+](C)(C)C. The smallest absolute Gasteiger partial charge is 0.352 e. The molecule has 0 radical (unpaired) electrons. The van der Waals surface area contributed by atoms with Gasteiger partial charge in [0, 0.05) is 12.1 Å². The summed E-state index contributed by atoms with van der Waals surface area (Å²) < 4.78 is 22.1. The molecule has 0 aromatic carbocycles. The Morgan fingerprint density at radius 2 is 1.70 bits per heavy atom. The van der Waals surface area contributed by atoms with Gasteiger partial charge < -0.3 is 14.7 Å². The number of amides is 1. The lowest BCUT2D eigenvalue weighted by atomic mass is 10.2. The average molecular weight is 351 g/mol. The highest BCUT2D eigenvalue weighted by molar-refractivity contribution is 7.47. The van der Waals surface area contributed by atoms with E-state index in [0.717, 1.165) is 19.3 Å². The van der Waals surface area contributed by atoms with Crippen LogP contribution >= 0.6 is 7.82 Å². The first-order valence-corrected chi connectivity index (χ1v) is 9.39. The van der Waals surface area contributed by atoms with Gasteiger partial charge in [-0.05, 0) is 19.8 Å². The number of carbonyl (C=O) groups is 1. The van der Waals surface area contributed by atoms with Gasteiger partial charge in [-0.15, -0.1) is 0 Å². The predicted octanol–water partition coefficient (Wildman–Crippen LogP) is 2.08. The first kappa shape index (κ1) is 22.3. The number of rotatable bonds is 13. The van der Waals surface area contributed by atoms with Crippen molar-refractivity contribution >= 4 is 13.7 Å². The highest BCUT2D eigenvalue weighted by Crippen LogP contribution is 2.43. The first-order valence-electron chi connectivity index (χ1n) is 7.89. The number of carbonyl (C=O) groups excluding carboxylic acids is 1. The molecule has 0 fully saturated rings. The van der Waals surface area contributed by atoms with Crippen molar-refractivity contribution in [3.05, 3.63) is 12.2 Å². The van der Waals surface area contributed by atoms with Crippen molar-refractivity contribution in [2.45, 2.75) is 32.6 Å². The van der Waals surface area contributed by atoms with Crippen LogP contribution in [-0.4, -0.2) is 62.7 Å². The number of phosphoric acid groups is 1.